The van der Waals surface area contributed by atoms with Crippen molar-refractivity contribution in [3.8, 4) is 0 Å². The van der Waals surface area contributed by atoms with Crippen molar-refractivity contribution in [2.24, 2.45) is 11.8 Å². The van der Waals surface area contributed by atoms with E-state index in [0.29, 0.717) is 25.4 Å². The molecule has 0 spiro atoms. The van der Waals surface area contributed by atoms with Crippen LogP contribution in [0.4, 0.5) is 0 Å². The summed E-state index contributed by atoms with van der Waals surface area (Å²) in [6, 6.07) is 0. The fourth-order valence-corrected chi connectivity index (χ4v) is 3.63. The van der Waals surface area contributed by atoms with Gasteiger partial charge in [-0.1, -0.05) is 13.3 Å². The zero-order valence-corrected chi connectivity index (χ0v) is 13.7. The van der Waals surface area contributed by atoms with Crippen LogP contribution in [0.3, 0.4) is 0 Å². The average Bonchev–Trinajstić information content (AvgIpc) is 2.53. The van der Waals surface area contributed by atoms with E-state index in [1.54, 1.807) is 0 Å². The Hall–Kier alpha value is -1.10. The van der Waals surface area contributed by atoms with Crippen LogP contribution >= 0.6 is 0 Å². The summed E-state index contributed by atoms with van der Waals surface area (Å²) in [6.45, 7) is 4.02. The summed E-state index contributed by atoms with van der Waals surface area (Å²) in [4.78, 5) is 26.2. The SMILES string of the molecule is CCCC(=O)N1CCCC(C(=O)NCC2CCCC(O)C2)C1. The molecule has 1 aliphatic carbocycles. The van der Waals surface area contributed by atoms with Gasteiger partial charge in [-0.15, -0.1) is 0 Å². The van der Waals surface area contributed by atoms with Gasteiger partial charge in [0.15, 0.2) is 0 Å². The number of amides is 2. The van der Waals surface area contributed by atoms with Crippen molar-refractivity contribution < 1.29 is 14.7 Å². The molecular formula is C17H30N2O3. The maximum atomic E-state index is 12.3. The standard InChI is InChI=1S/C17H30N2O3/c1-2-5-16(21)19-9-4-7-14(12-19)17(22)18-11-13-6-3-8-15(20)10-13/h13-15,20H,2-12H2,1H3,(H,18,22). The van der Waals surface area contributed by atoms with Crippen molar-refractivity contribution in [2.45, 2.75) is 64.4 Å². The number of carbonyl (C=O) groups excluding carboxylic acids is 2. The lowest BCUT2D eigenvalue weighted by molar-refractivity contribution is -0.135. The summed E-state index contributed by atoms with van der Waals surface area (Å²) in [5, 5.41) is 12.7. The second-order valence-corrected chi connectivity index (χ2v) is 6.86. The van der Waals surface area contributed by atoms with Crippen LogP contribution in [0.2, 0.25) is 0 Å². The first-order chi connectivity index (χ1) is 10.6. The summed E-state index contributed by atoms with van der Waals surface area (Å²) in [7, 11) is 0. The molecule has 1 heterocycles. The lowest BCUT2D eigenvalue weighted by atomic mass is 9.87. The molecule has 2 rings (SSSR count). The van der Waals surface area contributed by atoms with E-state index in [9.17, 15) is 14.7 Å². The molecule has 3 atom stereocenters. The molecule has 0 aromatic rings. The van der Waals surface area contributed by atoms with Gasteiger partial charge in [-0.25, -0.2) is 0 Å². The summed E-state index contributed by atoms with van der Waals surface area (Å²) in [5.41, 5.74) is 0. The van der Waals surface area contributed by atoms with E-state index in [1.807, 2.05) is 11.8 Å². The number of nitrogens with one attached hydrogen (secondary N) is 1. The number of aliphatic hydroxyl groups excluding tert-OH is 1. The predicted octanol–water partition coefficient (Wildman–Crippen LogP) is 1.69. The monoisotopic (exact) mass is 310 g/mol. The maximum Gasteiger partial charge on any atom is 0.224 e. The van der Waals surface area contributed by atoms with Crippen molar-refractivity contribution in [3.05, 3.63) is 0 Å². The Labute approximate surface area is 133 Å². The Morgan fingerprint density at radius 3 is 2.77 bits per heavy atom. The highest BCUT2D eigenvalue weighted by Crippen LogP contribution is 2.24. The van der Waals surface area contributed by atoms with E-state index >= 15 is 0 Å². The van der Waals surface area contributed by atoms with Gasteiger partial charge in [0, 0.05) is 26.1 Å². The predicted molar refractivity (Wildman–Crippen MR) is 85.2 cm³/mol. The van der Waals surface area contributed by atoms with E-state index in [-0.39, 0.29) is 23.8 Å². The fraction of sp³-hybridized carbons (Fsp3) is 0.882. The second kappa shape index (κ2) is 8.51. The molecule has 2 N–H and O–H groups in total. The zero-order chi connectivity index (χ0) is 15.9. The average molecular weight is 310 g/mol. The Bertz CT molecular complexity index is 386. The molecule has 22 heavy (non-hydrogen) atoms. The maximum absolute atomic E-state index is 12.3. The van der Waals surface area contributed by atoms with Crippen LogP contribution in [0.1, 0.15) is 58.3 Å². The normalized spacial score (nSPS) is 29.2. The number of likely N-dealkylation sites (tertiary alicyclic amines) is 1. The number of carbonyl (C=O) groups is 2. The van der Waals surface area contributed by atoms with Gasteiger partial charge in [0.25, 0.3) is 0 Å². The molecule has 2 fully saturated rings. The molecule has 2 aliphatic rings. The Morgan fingerprint density at radius 1 is 1.23 bits per heavy atom. The van der Waals surface area contributed by atoms with E-state index in [0.717, 1.165) is 51.5 Å². The topological polar surface area (TPSA) is 69.6 Å². The third-order valence-corrected chi connectivity index (χ3v) is 4.93. The number of hydrogen-bond donors (Lipinski definition) is 2. The molecule has 3 unspecified atom stereocenters. The summed E-state index contributed by atoms with van der Waals surface area (Å²) < 4.78 is 0. The molecule has 5 nitrogen and oxygen atoms in total. The summed E-state index contributed by atoms with van der Waals surface area (Å²) in [5.74, 6) is 0.585. The molecular weight excluding hydrogens is 280 g/mol. The molecule has 2 amide bonds. The minimum absolute atomic E-state index is 0.0666. The first kappa shape index (κ1) is 17.3. The molecule has 1 saturated heterocycles. The number of nitrogens with zero attached hydrogens (tertiary/aromatic N) is 1. The van der Waals surface area contributed by atoms with E-state index in [4.69, 9.17) is 0 Å². The second-order valence-electron chi connectivity index (χ2n) is 6.86. The smallest absolute Gasteiger partial charge is 0.224 e. The Balaban J connectivity index is 1.75. The van der Waals surface area contributed by atoms with Gasteiger partial charge in [-0.3, -0.25) is 9.59 Å². The number of aliphatic hydroxyl groups is 1. The van der Waals surface area contributed by atoms with Gasteiger partial charge in [0.05, 0.1) is 12.0 Å². The van der Waals surface area contributed by atoms with E-state index in [1.165, 1.54) is 0 Å². The van der Waals surface area contributed by atoms with Gasteiger partial charge >= 0.3 is 0 Å². The molecule has 0 aromatic carbocycles. The minimum Gasteiger partial charge on any atom is -0.393 e. The lowest BCUT2D eigenvalue weighted by Crippen LogP contribution is -2.46. The van der Waals surface area contributed by atoms with Crippen LogP contribution < -0.4 is 5.32 Å². The largest absolute Gasteiger partial charge is 0.393 e. The number of piperidine rings is 1. The van der Waals surface area contributed by atoms with Crippen LogP contribution in [0.5, 0.6) is 0 Å². The summed E-state index contributed by atoms with van der Waals surface area (Å²) >= 11 is 0. The molecule has 5 heteroatoms. The van der Waals surface area contributed by atoms with Crippen LogP contribution in [0, 0.1) is 11.8 Å². The van der Waals surface area contributed by atoms with Crippen LogP contribution in [-0.4, -0.2) is 47.6 Å². The highest BCUT2D eigenvalue weighted by molar-refractivity contribution is 5.81. The van der Waals surface area contributed by atoms with Crippen molar-refractivity contribution in [3.63, 3.8) is 0 Å². The highest BCUT2D eigenvalue weighted by Gasteiger charge is 2.28. The molecule has 1 saturated carbocycles. The molecule has 126 valence electrons. The Kier molecular flexibility index (Phi) is 6.68. The molecule has 0 aromatic heterocycles. The third kappa shape index (κ3) is 4.97. The van der Waals surface area contributed by atoms with Crippen LogP contribution in [0.15, 0.2) is 0 Å². The van der Waals surface area contributed by atoms with Crippen LogP contribution in [-0.2, 0) is 9.59 Å². The van der Waals surface area contributed by atoms with Crippen molar-refractivity contribution >= 4 is 11.8 Å². The van der Waals surface area contributed by atoms with Crippen molar-refractivity contribution in [2.75, 3.05) is 19.6 Å². The highest BCUT2D eigenvalue weighted by atomic mass is 16.3. The van der Waals surface area contributed by atoms with Gasteiger partial charge in [-0.2, -0.15) is 0 Å². The van der Waals surface area contributed by atoms with Gasteiger partial charge in [-0.05, 0) is 44.4 Å². The first-order valence-electron chi connectivity index (χ1n) is 8.83. The van der Waals surface area contributed by atoms with Crippen molar-refractivity contribution in [1.82, 2.24) is 10.2 Å². The molecule has 0 bridgehead atoms. The van der Waals surface area contributed by atoms with Gasteiger partial charge in [0.2, 0.25) is 11.8 Å². The van der Waals surface area contributed by atoms with E-state index < -0.39 is 0 Å². The minimum atomic E-state index is -0.201. The number of hydrogen-bond acceptors (Lipinski definition) is 3. The Morgan fingerprint density at radius 2 is 2.05 bits per heavy atom. The van der Waals surface area contributed by atoms with Gasteiger partial charge in [0.1, 0.15) is 0 Å². The fourth-order valence-electron chi connectivity index (χ4n) is 3.63. The zero-order valence-electron chi connectivity index (χ0n) is 13.7. The van der Waals surface area contributed by atoms with Crippen LogP contribution in [0.25, 0.3) is 0 Å². The van der Waals surface area contributed by atoms with Gasteiger partial charge < -0.3 is 15.3 Å². The lowest BCUT2D eigenvalue weighted by Gasteiger charge is -2.33. The molecule has 1 aliphatic heterocycles. The van der Waals surface area contributed by atoms with E-state index in [2.05, 4.69) is 5.32 Å². The quantitative estimate of drug-likeness (QED) is 0.812. The number of rotatable bonds is 5. The molecule has 0 radical (unpaired) electrons. The summed E-state index contributed by atoms with van der Waals surface area (Å²) in [6.07, 6.45) is 6.84. The third-order valence-electron chi connectivity index (χ3n) is 4.93. The van der Waals surface area contributed by atoms with Crippen molar-refractivity contribution in [1.29, 1.82) is 0 Å². The first-order valence-corrected chi connectivity index (χ1v) is 8.83.